The van der Waals surface area contributed by atoms with Crippen LogP contribution in [0.3, 0.4) is 0 Å². The van der Waals surface area contributed by atoms with Gasteiger partial charge < -0.3 is 20.1 Å². The molecule has 0 spiro atoms. The Labute approximate surface area is 253 Å². The van der Waals surface area contributed by atoms with Crippen LogP contribution in [0.5, 0.6) is 5.75 Å². The number of pyridine rings is 1. The second-order valence-corrected chi connectivity index (χ2v) is 11.5. The Hall–Kier alpha value is -4.38. The molecule has 1 fully saturated rings. The minimum absolute atomic E-state index is 0.0244. The van der Waals surface area contributed by atoms with Crippen molar-refractivity contribution in [2.24, 2.45) is 0 Å². The highest BCUT2D eigenvalue weighted by Crippen LogP contribution is 2.49. The molecular formula is C33H34F3N5O3. The highest BCUT2D eigenvalue weighted by Gasteiger charge is 2.54. The summed E-state index contributed by atoms with van der Waals surface area (Å²) in [6, 6.07) is 21.8. The topological polar surface area (TPSA) is 92.5 Å². The first-order valence-electron chi connectivity index (χ1n) is 14.8. The van der Waals surface area contributed by atoms with E-state index in [1.54, 1.807) is 6.20 Å². The number of benzene rings is 2. The summed E-state index contributed by atoms with van der Waals surface area (Å²) in [6.07, 6.45) is -4.41. The van der Waals surface area contributed by atoms with E-state index < -0.39 is 30.1 Å². The van der Waals surface area contributed by atoms with Gasteiger partial charge in [0, 0.05) is 24.6 Å². The van der Waals surface area contributed by atoms with Gasteiger partial charge in [0.1, 0.15) is 35.4 Å². The van der Waals surface area contributed by atoms with Crippen molar-refractivity contribution in [3.8, 4) is 5.75 Å². The van der Waals surface area contributed by atoms with Gasteiger partial charge in [-0.05, 0) is 49.9 Å². The minimum Gasteiger partial charge on any atom is -0.489 e. The van der Waals surface area contributed by atoms with Crippen LogP contribution in [0.15, 0.2) is 79.0 Å². The summed E-state index contributed by atoms with van der Waals surface area (Å²) in [5, 5.41) is 18.1. The number of piperidine rings is 1. The standard InChI is InChI=1S/C33H34F3N5O3/c1-20(2)44-24-13-14-25(37-19-24)40-17-15-21(16-18-40)28-26-27(33(34,35)36)30(42)32(43)38-31(26)41(39-28)29(22-9-5-3-6-10-22)23-11-7-4-8-12-23/h3-14,19-21,27,29-30,42H,15-18H2,1-2H3,(H,38,43)/t27-,30-/m1/s1. The highest BCUT2D eigenvalue weighted by molar-refractivity contribution is 5.97. The number of hydrogen-bond donors (Lipinski definition) is 2. The molecule has 2 aliphatic heterocycles. The van der Waals surface area contributed by atoms with E-state index in [-0.39, 0.29) is 29.1 Å². The lowest BCUT2D eigenvalue weighted by Crippen LogP contribution is -2.45. The lowest BCUT2D eigenvalue weighted by atomic mass is 9.82. The van der Waals surface area contributed by atoms with E-state index in [9.17, 15) is 23.1 Å². The number of nitrogens with one attached hydrogen (secondary N) is 1. The van der Waals surface area contributed by atoms with Crippen LogP contribution in [0.4, 0.5) is 24.8 Å². The van der Waals surface area contributed by atoms with Crippen LogP contribution in [0.25, 0.3) is 0 Å². The highest BCUT2D eigenvalue weighted by atomic mass is 19.4. The zero-order valence-electron chi connectivity index (χ0n) is 24.4. The molecule has 0 bridgehead atoms. The SMILES string of the molecule is CC(C)Oc1ccc(N2CCC(c3nn(C(c4ccccc4)c4ccccc4)c4c3[C@@H](C(F)(F)F)[C@@H](O)C(=O)N4)CC2)nc1. The van der Waals surface area contributed by atoms with E-state index in [0.29, 0.717) is 31.7 Å². The average Bonchev–Trinajstić information content (AvgIpc) is 3.36. The molecule has 4 aromatic rings. The van der Waals surface area contributed by atoms with Crippen molar-refractivity contribution in [1.82, 2.24) is 14.8 Å². The summed E-state index contributed by atoms with van der Waals surface area (Å²) >= 11 is 0. The third-order valence-corrected chi connectivity index (χ3v) is 8.24. The van der Waals surface area contributed by atoms with Crippen molar-refractivity contribution in [3.63, 3.8) is 0 Å². The van der Waals surface area contributed by atoms with Crippen molar-refractivity contribution in [1.29, 1.82) is 0 Å². The molecule has 4 heterocycles. The minimum atomic E-state index is -4.87. The summed E-state index contributed by atoms with van der Waals surface area (Å²) in [5.41, 5.74) is 1.69. The van der Waals surface area contributed by atoms with Gasteiger partial charge in [0.15, 0.2) is 0 Å². The van der Waals surface area contributed by atoms with Crippen molar-refractivity contribution in [3.05, 3.63) is 101 Å². The number of hydrogen-bond acceptors (Lipinski definition) is 6. The number of halogens is 3. The second-order valence-electron chi connectivity index (χ2n) is 11.5. The van der Waals surface area contributed by atoms with Crippen LogP contribution in [-0.2, 0) is 4.79 Å². The van der Waals surface area contributed by atoms with Gasteiger partial charge in [0.2, 0.25) is 0 Å². The monoisotopic (exact) mass is 605 g/mol. The summed E-state index contributed by atoms with van der Waals surface area (Å²) in [6.45, 7) is 4.98. The molecule has 230 valence electrons. The van der Waals surface area contributed by atoms with Gasteiger partial charge in [-0.2, -0.15) is 18.3 Å². The fourth-order valence-electron chi connectivity index (χ4n) is 6.26. The third kappa shape index (κ3) is 5.76. The Morgan fingerprint density at radius 1 is 0.955 bits per heavy atom. The number of alkyl halides is 3. The smallest absolute Gasteiger partial charge is 0.398 e. The molecule has 0 unspecified atom stereocenters. The van der Waals surface area contributed by atoms with Crippen molar-refractivity contribution < 1.29 is 27.8 Å². The first-order valence-corrected chi connectivity index (χ1v) is 14.8. The van der Waals surface area contributed by atoms with E-state index in [0.717, 1.165) is 16.9 Å². The molecule has 2 atom stereocenters. The Kier molecular flexibility index (Phi) is 8.06. The van der Waals surface area contributed by atoms with Gasteiger partial charge in [-0.3, -0.25) is 4.79 Å². The number of aliphatic hydroxyl groups excluding tert-OH is 1. The number of rotatable bonds is 7. The second kappa shape index (κ2) is 12.0. The maximum absolute atomic E-state index is 14.6. The molecule has 2 N–H and O–H groups in total. The van der Waals surface area contributed by atoms with Gasteiger partial charge in [-0.25, -0.2) is 9.67 Å². The molecule has 0 aliphatic carbocycles. The fourth-order valence-corrected chi connectivity index (χ4v) is 6.26. The van der Waals surface area contributed by atoms with Crippen LogP contribution in [0.2, 0.25) is 0 Å². The summed E-state index contributed by atoms with van der Waals surface area (Å²) in [5.74, 6) is -2.42. The largest absolute Gasteiger partial charge is 0.489 e. The predicted octanol–water partition coefficient (Wildman–Crippen LogP) is 6.05. The number of carbonyl (C=O) groups excluding carboxylic acids is 1. The average molecular weight is 606 g/mol. The van der Waals surface area contributed by atoms with Gasteiger partial charge in [0.25, 0.3) is 5.91 Å². The van der Waals surface area contributed by atoms with Gasteiger partial charge in [-0.15, -0.1) is 0 Å². The van der Waals surface area contributed by atoms with Gasteiger partial charge in [0.05, 0.1) is 18.0 Å². The van der Waals surface area contributed by atoms with Gasteiger partial charge >= 0.3 is 6.18 Å². The number of carbonyl (C=O) groups is 1. The summed E-state index contributed by atoms with van der Waals surface area (Å²) in [7, 11) is 0. The number of aromatic nitrogens is 3. The molecule has 44 heavy (non-hydrogen) atoms. The van der Waals surface area contributed by atoms with Crippen molar-refractivity contribution in [2.45, 2.75) is 63.0 Å². The van der Waals surface area contributed by atoms with Crippen LogP contribution in [0.1, 0.15) is 67.0 Å². The Bertz CT molecular complexity index is 1550. The summed E-state index contributed by atoms with van der Waals surface area (Å²) in [4.78, 5) is 19.4. The molecular weight excluding hydrogens is 571 g/mol. The van der Waals surface area contributed by atoms with E-state index in [1.807, 2.05) is 86.6 Å². The van der Waals surface area contributed by atoms with E-state index >= 15 is 0 Å². The van der Waals surface area contributed by atoms with Crippen molar-refractivity contribution in [2.75, 3.05) is 23.3 Å². The lowest BCUT2D eigenvalue weighted by Gasteiger charge is -2.34. The Morgan fingerprint density at radius 3 is 2.09 bits per heavy atom. The van der Waals surface area contributed by atoms with E-state index in [1.165, 1.54) is 4.68 Å². The van der Waals surface area contributed by atoms with E-state index in [2.05, 4.69) is 15.2 Å². The number of anilines is 2. The molecule has 1 saturated heterocycles. The molecule has 6 rings (SSSR count). The molecule has 11 heteroatoms. The van der Waals surface area contributed by atoms with Crippen LogP contribution < -0.4 is 15.0 Å². The molecule has 8 nitrogen and oxygen atoms in total. The third-order valence-electron chi connectivity index (χ3n) is 8.24. The number of ether oxygens (including phenoxy) is 1. The first-order chi connectivity index (χ1) is 21.1. The van der Waals surface area contributed by atoms with Crippen LogP contribution in [-0.4, -0.2) is 57.3 Å². The normalized spacial score (nSPS) is 19.3. The van der Waals surface area contributed by atoms with E-state index in [4.69, 9.17) is 9.84 Å². The number of nitrogens with zero attached hydrogens (tertiary/aromatic N) is 4. The molecule has 2 aliphatic rings. The first kappa shape index (κ1) is 29.7. The zero-order chi connectivity index (χ0) is 31.0. The summed E-state index contributed by atoms with van der Waals surface area (Å²) < 4.78 is 51.1. The maximum Gasteiger partial charge on any atom is 0.398 e. The predicted molar refractivity (Wildman–Crippen MR) is 160 cm³/mol. The quantitative estimate of drug-likeness (QED) is 0.267. The van der Waals surface area contributed by atoms with Gasteiger partial charge in [-0.1, -0.05) is 60.7 Å². The fraction of sp³-hybridized carbons (Fsp3) is 0.364. The number of aliphatic hydroxyl groups is 1. The van der Waals surface area contributed by atoms with Crippen molar-refractivity contribution >= 4 is 17.5 Å². The zero-order valence-corrected chi connectivity index (χ0v) is 24.4. The Balaban J connectivity index is 1.40. The maximum atomic E-state index is 14.6. The Morgan fingerprint density at radius 2 is 1.57 bits per heavy atom. The van der Waals surface area contributed by atoms with Crippen LogP contribution >= 0.6 is 0 Å². The molecule has 2 aromatic heterocycles. The molecule has 0 saturated carbocycles. The van der Waals surface area contributed by atoms with Crippen LogP contribution in [0, 0.1) is 0 Å². The lowest BCUT2D eigenvalue weighted by molar-refractivity contribution is -0.177. The molecule has 2 aromatic carbocycles. The number of amides is 1. The number of fused-ring (bicyclic) bond motifs is 1. The molecule has 1 amide bonds. The molecule has 0 radical (unpaired) electrons.